The number of carbonyl (C=O) groups is 2. The highest BCUT2D eigenvalue weighted by molar-refractivity contribution is 6.30. The molecule has 0 saturated heterocycles. The fraction of sp³-hybridized carbons (Fsp3) is 0.619. The molecule has 28 heavy (non-hydrogen) atoms. The van der Waals surface area contributed by atoms with Gasteiger partial charge in [-0.05, 0) is 55.6 Å². The molecule has 0 unspecified atom stereocenters. The van der Waals surface area contributed by atoms with Crippen LogP contribution in [-0.2, 0) is 14.3 Å². The number of carbonyl (C=O) groups excluding carboxylic acids is 2. The normalized spacial score (nSPS) is 32.5. The SMILES string of the molecule is CC1CC(OCC(=O)CC23CC(NC(=O)COc4ccc(Cl)c(F)c4)(C2)C3)C1. The zero-order valence-corrected chi connectivity index (χ0v) is 16.7. The smallest absolute Gasteiger partial charge is 0.258 e. The summed E-state index contributed by atoms with van der Waals surface area (Å²) in [4.78, 5) is 24.3. The van der Waals surface area contributed by atoms with Crippen molar-refractivity contribution in [2.45, 2.75) is 57.1 Å². The maximum Gasteiger partial charge on any atom is 0.258 e. The zero-order valence-electron chi connectivity index (χ0n) is 15.9. The second kappa shape index (κ2) is 7.30. The van der Waals surface area contributed by atoms with Gasteiger partial charge in [0.1, 0.15) is 18.2 Å². The number of ether oxygens (including phenoxy) is 2. The Kier molecular flexibility index (Phi) is 5.12. The maximum absolute atomic E-state index is 13.4. The number of nitrogens with one attached hydrogen (secondary N) is 1. The van der Waals surface area contributed by atoms with Crippen LogP contribution in [0, 0.1) is 17.2 Å². The Balaban J connectivity index is 1.14. The number of halogens is 2. The average molecular weight is 410 g/mol. The third-order valence-corrected chi connectivity index (χ3v) is 6.49. The minimum Gasteiger partial charge on any atom is -0.484 e. The standard InChI is InChI=1S/C21H25ClFNO4/c1-13-4-16(5-13)27-8-14(25)7-20-10-21(11-20,12-20)24-19(26)9-28-15-2-3-17(22)18(23)6-15/h2-3,6,13,16H,4-5,7-12H2,1H3,(H,24,26). The molecule has 1 N–H and O–H groups in total. The lowest BCUT2D eigenvalue weighted by atomic mass is 9.38. The minimum atomic E-state index is -0.582. The number of Topliss-reactive ketones (excluding diaryl/α,β-unsaturated/α-hetero) is 1. The van der Waals surface area contributed by atoms with Crippen molar-refractivity contribution in [1.29, 1.82) is 0 Å². The first kappa shape index (κ1) is 19.6. The highest BCUT2D eigenvalue weighted by atomic mass is 35.5. The van der Waals surface area contributed by atoms with E-state index in [1.54, 1.807) is 0 Å². The number of rotatable bonds is 9. The summed E-state index contributed by atoms with van der Waals surface area (Å²) < 4.78 is 24.4. The number of hydrogen-bond acceptors (Lipinski definition) is 4. The van der Waals surface area contributed by atoms with Gasteiger partial charge in [0.15, 0.2) is 12.4 Å². The molecule has 0 atom stereocenters. The van der Waals surface area contributed by atoms with Gasteiger partial charge in [-0.1, -0.05) is 18.5 Å². The first-order valence-corrected chi connectivity index (χ1v) is 10.2. The predicted octanol–water partition coefficient (Wildman–Crippen LogP) is 3.67. The molecule has 0 radical (unpaired) electrons. The fourth-order valence-corrected chi connectivity index (χ4v) is 5.13. The summed E-state index contributed by atoms with van der Waals surface area (Å²) in [5, 5.41) is 3.01. The van der Waals surface area contributed by atoms with E-state index in [0.29, 0.717) is 12.3 Å². The van der Waals surface area contributed by atoms with E-state index in [2.05, 4.69) is 12.2 Å². The van der Waals surface area contributed by atoms with Crippen molar-refractivity contribution in [1.82, 2.24) is 5.32 Å². The van der Waals surface area contributed by atoms with Crippen LogP contribution < -0.4 is 10.1 Å². The van der Waals surface area contributed by atoms with E-state index in [1.165, 1.54) is 12.1 Å². The van der Waals surface area contributed by atoms with Gasteiger partial charge >= 0.3 is 0 Å². The van der Waals surface area contributed by atoms with Gasteiger partial charge in [0.2, 0.25) is 0 Å². The Morgan fingerprint density at radius 1 is 1.25 bits per heavy atom. The molecule has 4 aliphatic rings. The van der Waals surface area contributed by atoms with Crippen molar-refractivity contribution in [3.8, 4) is 5.75 Å². The molecule has 0 heterocycles. The lowest BCUT2D eigenvalue weighted by Crippen LogP contribution is -2.75. The highest BCUT2D eigenvalue weighted by Gasteiger charge is 2.68. The molecule has 0 aromatic heterocycles. The molecule has 2 bridgehead atoms. The van der Waals surface area contributed by atoms with Gasteiger partial charge in [-0.15, -0.1) is 0 Å². The van der Waals surface area contributed by atoms with E-state index in [9.17, 15) is 14.0 Å². The molecule has 0 aliphatic heterocycles. The molecule has 1 amide bonds. The van der Waals surface area contributed by atoms with E-state index in [-0.39, 0.29) is 52.7 Å². The monoisotopic (exact) mass is 409 g/mol. The Morgan fingerprint density at radius 3 is 2.61 bits per heavy atom. The van der Waals surface area contributed by atoms with Crippen LogP contribution in [0.15, 0.2) is 18.2 Å². The third kappa shape index (κ3) is 4.03. The molecule has 1 aromatic carbocycles. The topological polar surface area (TPSA) is 64.6 Å². The first-order valence-electron chi connectivity index (χ1n) is 9.79. The lowest BCUT2D eigenvalue weighted by molar-refractivity contribution is -0.175. The molecule has 4 fully saturated rings. The number of ketones is 1. The van der Waals surface area contributed by atoms with E-state index < -0.39 is 5.82 Å². The molecule has 5 nitrogen and oxygen atoms in total. The largest absolute Gasteiger partial charge is 0.484 e. The molecule has 0 spiro atoms. The summed E-state index contributed by atoms with van der Waals surface area (Å²) in [7, 11) is 0. The highest BCUT2D eigenvalue weighted by Crippen LogP contribution is 2.69. The fourth-order valence-electron chi connectivity index (χ4n) is 5.01. The van der Waals surface area contributed by atoms with Gasteiger partial charge < -0.3 is 14.8 Å². The quantitative estimate of drug-likeness (QED) is 0.675. The van der Waals surface area contributed by atoms with Crippen LogP contribution in [0.4, 0.5) is 4.39 Å². The van der Waals surface area contributed by atoms with Crippen molar-refractivity contribution < 1.29 is 23.5 Å². The second-order valence-electron chi connectivity index (χ2n) is 8.95. The number of amides is 1. The van der Waals surface area contributed by atoms with E-state index >= 15 is 0 Å². The molecule has 152 valence electrons. The molecule has 5 rings (SSSR count). The van der Waals surface area contributed by atoms with Crippen LogP contribution in [0.3, 0.4) is 0 Å². The van der Waals surface area contributed by atoms with Crippen molar-refractivity contribution in [2.75, 3.05) is 13.2 Å². The summed E-state index contributed by atoms with van der Waals surface area (Å²) in [5.74, 6) is 0.313. The summed E-state index contributed by atoms with van der Waals surface area (Å²) in [6, 6.07) is 4.07. The number of hydrogen-bond donors (Lipinski definition) is 1. The van der Waals surface area contributed by atoms with Crippen LogP contribution in [0.25, 0.3) is 0 Å². The molecule has 4 aliphatic carbocycles. The van der Waals surface area contributed by atoms with Gasteiger partial charge in [0.05, 0.1) is 11.1 Å². The summed E-state index contributed by atoms with van der Waals surface area (Å²) in [6.07, 6.45) is 5.38. The second-order valence-corrected chi connectivity index (χ2v) is 9.36. The third-order valence-electron chi connectivity index (χ3n) is 6.19. The Hall–Kier alpha value is -1.66. The van der Waals surface area contributed by atoms with E-state index in [1.807, 2.05) is 0 Å². The zero-order chi connectivity index (χ0) is 19.9. The van der Waals surface area contributed by atoms with Crippen LogP contribution in [-0.4, -0.2) is 36.5 Å². The van der Waals surface area contributed by atoms with Crippen molar-refractivity contribution in [3.63, 3.8) is 0 Å². The van der Waals surface area contributed by atoms with Gasteiger partial charge in [0.25, 0.3) is 5.91 Å². The number of benzene rings is 1. The van der Waals surface area contributed by atoms with Gasteiger partial charge in [-0.2, -0.15) is 0 Å². The summed E-state index contributed by atoms with van der Waals surface area (Å²) >= 11 is 5.62. The minimum absolute atomic E-state index is 0.0122. The molecular formula is C21H25ClFNO4. The lowest BCUT2D eigenvalue weighted by Gasteiger charge is -2.70. The van der Waals surface area contributed by atoms with E-state index in [0.717, 1.165) is 38.2 Å². The molecule has 7 heteroatoms. The average Bonchev–Trinajstić information content (AvgIpc) is 2.55. The van der Waals surface area contributed by atoms with Crippen LogP contribution in [0.2, 0.25) is 5.02 Å². The van der Waals surface area contributed by atoms with Gasteiger partial charge in [-0.25, -0.2) is 4.39 Å². The first-order chi connectivity index (χ1) is 13.3. The summed E-state index contributed by atoms with van der Waals surface area (Å²) in [6.45, 7) is 2.22. The van der Waals surface area contributed by atoms with Crippen molar-refractivity contribution in [3.05, 3.63) is 29.0 Å². The Labute approximate surface area is 168 Å². The molecular weight excluding hydrogens is 385 g/mol. The van der Waals surface area contributed by atoms with Crippen LogP contribution in [0.5, 0.6) is 5.75 Å². The van der Waals surface area contributed by atoms with Crippen molar-refractivity contribution in [2.24, 2.45) is 11.3 Å². The maximum atomic E-state index is 13.4. The van der Waals surface area contributed by atoms with Gasteiger partial charge in [-0.3, -0.25) is 9.59 Å². The Morgan fingerprint density at radius 2 is 1.96 bits per heavy atom. The van der Waals surface area contributed by atoms with Gasteiger partial charge in [0, 0.05) is 18.0 Å². The molecule has 4 saturated carbocycles. The predicted molar refractivity (Wildman–Crippen MR) is 102 cm³/mol. The molecule has 1 aromatic rings. The summed E-state index contributed by atoms with van der Waals surface area (Å²) in [5.41, 5.74) is -0.156. The van der Waals surface area contributed by atoms with Crippen LogP contribution >= 0.6 is 11.6 Å². The Bertz CT molecular complexity index is 773. The van der Waals surface area contributed by atoms with Crippen molar-refractivity contribution >= 4 is 23.3 Å². The van der Waals surface area contributed by atoms with E-state index in [4.69, 9.17) is 21.1 Å². The van der Waals surface area contributed by atoms with Crippen LogP contribution in [0.1, 0.15) is 45.4 Å².